The molecule has 0 aliphatic heterocycles. The quantitative estimate of drug-likeness (QED) is 0.245. The van der Waals surface area contributed by atoms with Crippen molar-refractivity contribution in [2.24, 2.45) is 0 Å². The summed E-state index contributed by atoms with van der Waals surface area (Å²) in [6.07, 6.45) is 0. The molecule has 4 aromatic rings. The Kier molecular flexibility index (Phi) is 7.84. The van der Waals surface area contributed by atoms with E-state index >= 15 is 0 Å². The minimum atomic E-state index is -0.375. The molecule has 0 radical (unpaired) electrons. The number of aryl methyl sites for hydroxylation is 6. The maximum absolute atomic E-state index is 7.04. The highest BCUT2D eigenvalue weighted by Crippen LogP contribution is 2.54. The van der Waals surface area contributed by atoms with Gasteiger partial charge in [0.05, 0.1) is 0 Å². The van der Waals surface area contributed by atoms with E-state index in [9.17, 15) is 0 Å². The van der Waals surface area contributed by atoms with Gasteiger partial charge in [0.2, 0.25) is 0 Å². The first-order valence-electron chi connectivity index (χ1n) is 15.6. The van der Waals surface area contributed by atoms with Crippen molar-refractivity contribution < 1.29 is 9.47 Å². The van der Waals surface area contributed by atoms with Crippen LogP contribution in [0.4, 0.5) is 0 Å². The Bertz CT molecular complexity index is 1650. The van der Waals surface area contributed by atoms with Crippen molar-refractivity contribution in [2.75, 3.05) is 0 Å². The van der Waals surface area contributed by atoms with Crippen LogP contribution in [0.2, 0.25) is 0 Å². The molecule has 0 saturated carbocycles. The van der Waals surface area contributed by atoms with Gasteiger partial charge in [-0.25, -0.2) is 0 Å². The lowest BCUT2D eigenvalue weighted by Crippen LogP contribution is -2.25. The van der Waals surface area contributed by atoms with E-state index in [-0.39, 0.29) is 11.2 Å². The molecule has 2 heteroatoms. The lowest BCUT2D eigenvalue weighted by molar-refractivity contribution is 0.127. The van der Waals surface area contributed by atoms with Gasteiger partial charge in [0.1, 0.15) is 22.7 Å². The van der Waals surface area contributed by atoms with Crippen LogP contribution in [-0.4, -0.2) is 11.2 Å². The second-order valence-electron chi connectivity index (χ2n) is 14.8. The second-order valence-corrected chi connectivity index (χ2v) is 14.8. The minimum Gasteiger partial charge on any atom is -0.487 e. The van der Waals surface area contributed by atoms with Gasteiger partial charge >= 0.3 is 0 Å². The Morgan fingerprint density at radius 2 is 0.500 bits per heavy atom. The molecular weight excluding hydrogens is 512 g/mol. The van der Waals surface area contributed by atoms with Crippen LogP contribution in [0.5, 0.6) is 11.5 Å². The van der Waals surface area contributed by atoms with Crippen molar-refractivity contribution in [3.8, 4) is 22.6 Å². The predicted molar refractivity (Wildman–Crippen MR) is 184 cm³/mol. The largest absolute Gasteiger partial charge is 0.487 e. The summed E-state index contributed by atoms with van der Waals surface area (Å²) >= 11 is 0. The van der Waals surface area contributed by atoms with Crippen LogP contribution in [0.3, 0.4) is 0 Å². The maximum atomic E-state index is 7.04. The summed E-state index contributed by atoms with van der Waals surface area (Å²) in [4.78, 5) is 0. The SMILES string of the molecule is Cc1c(C)c(C)c2c(-c3c(OC(C)(C)C)c(C)c(C)c4c(C)c(C)c(C)c(C)c34)c(OC(C)(C)C)c(C)c(C)c2c1C. The molecule has 0 saturated heterocycles. The van der Waals surface area contributed by atoms with Crippen LogP contribution in [0.1, 0.15) is 108 Å². The predicted octanol–water partition coefficient (Wildman–Crippen LogP) is 11.7. The molecule has 4 rings (SSSR count). The summed E-state index contributed by atoms with van der Waals surface area (Å²) in [6.45, 7) is 40.2. The zero-order chi connectivity index (χ0) is 32.0. The molecule has 0 aliphatic rings. The minimum absolute atomic E-state index is 0.375. The summed E-state index contributed by atoms with van der Waals surface area (Å²) in [5.74, 6) is 1.94. The van der Waals surface area contributed by atoms with Crippen LogP contribution in [-0.2, 0) is 0 Å². The molecule has 0 spiro atoms. The van der Waals surface area contributed by atoms with Crippen LogP contribution >= 0.6 is 0 Å². The van der Waals surface area contributed by atoms with Gasteiger partial charge in [-0.2, -0.15) is 0 Å². The van der Waals surface area contributed by atoms with Gasteiger partial charge in [0.15, 0.2) is 0 Å². The van der Waals surface area contributed by atoms with Gasteiger partial charge in [-0.15, -0.1) is 0 Å². The van der Waals surface area contributed by atoms with Gasteiger partial charge in [-0.1, -0.05) is 0 Å². The highest BCUT2D eigenvalue weighted by molar-refractivity contribution is 6.16. The number of rotatable bonds is 3. The molecule has 226 valence electrons. The van der Waals surface area contributed by atoms with E-state index in [0.717, 1.165) is 11.5 Å². The molecule has 0 atom stereocenters. The third kappa shape index (κ3) is 4.89. The molecule has 0 bridgehead atoms. The lowest BCUT2D eigenvalue weighted by Gasteiger charge is -2.33. The van der Waals surface area contributed by atoms with Gasteiger partial charge in [0.25, 0.3) is 0 Å². The molecule has 0 aliphatic carbocycles. The Labute approximate surface area is 255 Å². The fraction of sp³-hybridized carbons (Fsp3) is 0.500. The molecular formula is C40H54O2. The number of hydrogen-bond donors (Lipinski definition) is 0. The van der Waals surface area contributed by atoms with Gasteiger partial charge < -0.3 is 9.47 Å². The van der Waals surface area contributed by atoms with Crippen molar-refractivity contribution >= 4 is 21.5 Å². The fourth-order valence-corrected chi connectivity index (χ4v) is 6.85. The molecule has 0 amide bonds. The average Bonchev–Trinajstić information content (AvgIpc) is 2.88. The van der Waals surface area contributed by atoms with E-state index in [0.29, 0.717) is 0 Å². The van der Waals surface area contributed by atoms with E-state index in [1.165, 1.54) is 99.4 Å². The summed E-state index contributed by atoms with van der Waals surface area (Å²) in [6, 6.07) is 0. The van der Waals surface area contributed by atoms with Crippen molar-refractivity contribution in [3.05, 3.63) is 66.8 Å². The normalized spacial score (nSPS) is 12.5. The molecule has 4 aromatic carbocycles. The Morgan fingerprint density at radius 1 is 0.286 bits per heavy atom. The molecule has 0 unspecified atom stereocenters. The van der Waals surface area contributed by atoms with Crippen LogP contribution in [0, 0.1) is 83.1 Å². The highest BCUT2D eigenvalue weighted by Gasteiger charge is 2.32. The first-order chi connectivity index (χ1) is 19.1. The second kappa shape index (κ2) is 10.3. The van der Waals surface area contributed by atoms with Gasteiger partial charge in [-0.3, -0.25) is 0 Å². The Morgan fingerprint density at radius 3 is 0.738 bits per heavy atom. The molecule has 0 heterocycles. The summed E-state index contributed by atoms with van der Waals surface area (Å²) in [5.41, 5.74) is 17.3. The Hall–Kier alpha value is -3.00. The van der Waals surface area contributed by atoms with Crippen molar-refractivity contribution in [3.63, 3.8) is 0 Å². The first kappa shape index (κ1) is 31.9. The summed E-state index contributed by atoms with van der Waals surface area (Å²) < 4.78 is 14.1. The smallest absolute Gasteiger partial charge is 0.131 e. The van der Waals surface area contributed by atoms with E-state index in [1.807, 2.05) is 0 Å². The maximum Gasteiger partial charge on any atom is 0.131 e. The monoisotopic (exact) mass is 566 g/mol. The third-order valence-electron chi connectivity index (χ3n) is 9.95. The van der Waals surface area contributed by atoms with Crippen LogP contribution < -0.4 is 9.47 Å². The summed E-state index contributed by atoms with van der Waals surface area (Å²) in [7, 11) is 0. The van der Waals surface area contributed by atoms with E-state index in [2.05, 4.69) is 125 Å². The average molecular weight is 567 g/mol. The van der Waals surface area contributed by atoms with E-state index in [4.69, 9.17) is 9.47 Å². The van der Waals surface area contributed by atoms with Crippen molar-refractivity contribution in [2.45, 2.75) is 136 Å². The summed E-state index contributed by atoms with van der Waals surface area (Å²) in [5, 5.41) is 5.26. The van der Waals surface area contributed by atoms with E-state index < -0.39 is 0 Å². The number of benzene rings is 4. The number of ether oxygens (including phenoxy) is 2. The highest BCUT2D eigenvalue weighted by atomic mass is 16.5. The number of fused-ring (bicyclic) bond motifs is 2. The first-order valence-corrected chi connectivity index (χ1v) is 15.6. The van der Waals surface area contributed by atoms with E-state index in [1.54, 1.807) is 0 Å². The molecule has 2 nitrogen and oxygen atoms in total. The molecule has 0 aromatic heterocycles. The standard InChI is InChI=1S/C40H54O2/c1-19-21(3)25(7)33-31(23(19)5)27(9)29(11)37(41-39(13,14)15)35(33)36-34-26(8)22(4)20(2)24(6)32(34)28(10)30(12)38(36)42-40(16,17)18/h1-18H3. The van der Waals surface area contributed by atoms with Crippen molar-refractivity contribution in [1.82, 2.24) is 0 Å². The lowest BCUT2D eigenvalue weighted by atomic mass is 9.78. The van der Waals surface area contributed by atoms with Crippen molar-refractivity contribution in [1.29, 1.82) is 0 Å². The topological polar surface area (TPSA) is 18.5 Å². The molecule has 0 fully saturated rings. The molecule has 42 heavy (non-hydrogen) atoms. The molecule has 0 N–H and O–H groups in total. The van der Waals surface area contributed by atoms with Gasteiger partial charge in [-0.05, 0) is 213 Å². The fourth-order valence-electron chi connectivity index (χ4n) is 6.85. The Balaban J connectivity index is 2.54. The third-order valence-corrected chi connectivity index (χ3v) is 9.95. The van der Waals surface area contributed by atoms with Crippen LogP contribution in [0.15, 0.2) is 0 Å². The number of hydrogen-bond acceptors (Lipinski definition) is 2. The van der Waals surface area contributed by atoms with Gasteiger partial charge in [0, 0.05) is 11.1 Å². The zero-order valence-corrected chi connectivity index (χ0v) is 29.8. The zero-order valence-electron chi connectivity index (χ0n) is 29.8. The van der Waals surface area contributed by atoms with Crippen LogP contribution in [0.25, 0.3) is 32.7 Å².